The number of hydrogen-bond donors (Lipinski definition) is 3. The van der Waals surface area contributed by atoms with Crippen LogP contribution >= 0.6 is 0 Å². The van der Waals surface area contributed by atoms with Gasteiger partial charge in [-0.15, -0.1) is 0 Å². The zero-order valence-corrected chi connectivity index (χ0v) is 10.5. The molecule has 0 bridgehead atoms. The molecule has 0 spiro atoms. The van der Waals surface area contributed by atoms with Gasteiger partial charge in [-0.1, -0.05) is 12.1 Å². The zero-order valence-electron chi connectivity index (χ0n) is 9.65. The summed E-state index contributed by atoms with van der Waals surface area (Å²) < 4.78 is 51.0. The van der Waals surface area contributed by atoms with Gasteiger partial charge in [-0.3, -0.25) is 0 Å². The Bertz CT molecular complexity index is 512. The van der Waals surface area contributed by atoms with E-state index in [1.54, 1.807) is 10.8 Å². The third-order valence-corrected chi connectivity index (χ3v) is 3.88. The highest BCUT2D eigenvalue weighted by Crippen LogP contribution is 2.22. The summed E-state index contributed by atoms with van der Waals surface area (Å²) in [6, 6.07) is 4.44. The molecule has 1 rings (SSSR count). The second kappa shape index (κ2) is 5.17. The van der Waals surface area contributed by atoms with Gasteiger partial charge in [0.1, 0.15) is 11.5 Å². The maximum atomic E-state index is 12.8. The fourth-order valence-corrected chi connectivity index (χ4v) is 2.79. The van der Waals surface area contributed by atoms with Crippen molar-refractivity contribution in [2.45, 2.75) is 17.7 Å². The number of anilines is 1. The van der Waals surface area contributed by atoms with Crippen LogP contribution in [0.2, 0.25) is 0 Å². The summed E-state index contributed by atoms with van der Waals surface area (Å²) in [5, 5.41) is 8.36. The molecule has 18 heavy (non-hydrogen) atoms. The molecule has 0 amide bonds. The van der Waals surface area contributed by atoms with Gasteiger partial charge in [-0.25, -0.2) is 21.9 Å². The minimum Gasteiger partial charge on any atom is -0.398 e. The lowest BCUT2D eigenvalue weighted by Crippen LogP contribution is -2.39. The topological polar surface area (TPSA) is 92.4 Å². The van der Waals surface area contributed by atoms with Crippen LogP contribution in [0.5, 0.6) is 0 Å². The van der Waals surface area contributed by atoms with Crippen molar-refractivity contribution in [3.05, 3.63) is 23.8 Å². The molecule has 1 aromatic rings. The Balaban J connectivity index is 3.01. The number of nitrogens with two attached hydrogens (primary N) is 1. The normalized spacial score (nSPS) is 12.7. The average Bonchev–Trinajstić information content (AvgIpc) is 2.26. The predicted molar refractivity (Wildman–Crippen MR) is 62.8 cm³/mol. The first-order valence-corrected chi connectivity index (χ1v) is 6.51. The lowest BCUT2D eigenvalue weighted by molar-refractivity contribution is -0.0437. The summed E-state index contributed by atoms with van der Waals surface area (Å²) in [5.74, 6) is -3.51. The fraction of sp³-hybridized carbons (Fsp3) is 0.400. The number of hydrogen-bond acceptors (Lipinski definition) is 4. The summed E-state index contributed by atoms with van der Waals surface area (Å²) in [7, 11) is -4.13. The van der Waals surface area contributed by atoms with Crippen LogP contribution in [0.1, 0.15) is 5.56 Å². The molecule has 0 aliphatic heterocycles. The standard InChI is InChI=1S/C10H14F2N2O3S/c1-7-3-2-4-8(13)9(7)18(16,17)14-5-10(11,12)6-15/h2-4,14-15H,5-6,13H2,1H3. The van der Waals surface area contributed by atoms with Gasteiger partial charge in [0.25, 0.3) is 5.92 Å². The number of halogens is 2. The van der Waals surface area contributed by atoms with Gasteiger partial charge in [-0.05, 0) is 18.6 Å². The summed E-state index contributed by atoms with van der Waals surface area (Å²) in [6.07, 6.45) is 0. The van der Waals surface area contributed by atoms with E-state index in [0.717, 1.165) is 0 Å². The van der Waals surface area contributed by atoms with E-state index < -0.39 is 29.1 Å². The molecule has 0 aromatic heterocycles. The quantitative estimate of drug-likeness (QED) is 0.684. The first kappa shape index (κ1) is 14.8. The van der Waals surface area contributed by atoms with Crippen molar-refractivity contribution in [3.63, 3.8) is 0 Å². The molecule has 0 fully saturated rings. The van der Waals surface area contributed by atoms with Crippen LogP contribution < -0.4 is 10.5 Å². The Hall–Kier alpha value is -1.25. The molecule has 0 radical (unpaired) electrons. The van der Waals surface area contributed by atoms with Crippen LogP contribution in [0, 0.1) is 6.92 Å². The Kier molecular flexibility index (Phi) is 4.25. The molecule has 4 N–H and O–H groups in total. The van der Waals surface area contributed by atoms with Crippen molar-refractivity contribution in [1.29, 1.82) is 0 Å². The van der Waals surface area contributed by atoms with Crippen LogP contribution in [0.15, 0.2) is 23.1 Å². The van der Waals surface area contributed by atoms with E-state index in [9.17, 15) is 17.2 Å². The Morgan fingerprint density at radius 2 is 2.06 bits per heavy atom. The SMILES string of the molecule is Cc1cccc(N)c1S(=O)(=O)NCC(F)(F)CO. The zero-order chi connectivity index (χ0) is 14.0. The fourth-order valence-electron chi connectivity index (χ4n) is 1.37. The van der Waals surface area contributed by atoms with Crippen molar-refractivity contribution < 1.29 is 22.3 Å². The van der Waals surface area contributed by atoms with Crippen molar-refractivity contribution in [1.82, 2.24) is 4.72 Å². The third-order valence-electron chi connectivity index (χ3n) is 2.26. The molecule has 5 nitrogen and oxygen atoms in total. The number of nitrogen functional groups attached to an aromatic ring is 1. The lowest BCUT2D eigenvalue weighted by atomic mass is 10.2. The summed E-state index contributed by atoms with van der Waals surface area (Å²) in [4.78, 5) is -0.223. The molecule has 1 aromatic carbocycles. The van der Waals surface area contributed by atoms with E-state index in [4.69, 9.17) is 10.8 Å². The third kappa shape index (κ3) is 3.37. The largest absolute Gasteiger partial charge is 0.398 e. The summed E-state index contributed by atoms with van der Waals surface area (Å²) in [6.45, 7) is -1.10. The van der Waals surface area contributed by atoms with Crippen molar-refractivity contribution in [2.75, 3.05) is 18.9 Å². The average molecular weight is 280 g/mol. The minimum absolute atomic E-state index is 0.0187. The summed E-state index contributed by atoms with van der Waals surface area (Å²) >= 11 is 0. The maximum Gasteiger partial charge on any atom is 0.283 e. The molecule has 102 valence electrons. The molecule has 0 heterocycles. The number of sulfonamides is 1. The number of alkyl halides is 2. The van der Waals surface area contributed by atoms with Gasteiger partial charge < -0.3 is 10.8 Å². The second-order valence-electron chi connectivity index (χ2n) is 3.83. The van der Waals surface area contributed by atoms with E-state index in [-0.39, 0.29) is 10.6 Å². The number of aliphatic hydroxyl groups excluding tert-OH is 1. The molecule has 8 heteroatoms. The Labute approximate surface area is 104 Å². The van der Waals surface area contributed by atoms with Gasteiger partial charge in [0.15, 0.2) is 0 Å². The molecule has 0 atom stereocenters. The number of aryl methyl sites for hydroxylation is 1. The second-order valence-corrected chi connectivity index (χ2v) is 5.54. The highest BCUT2D eigenvalue weighted by molar-refractivity contribution is 7.89. The molecule has 0 unspecified atom stereocenters. The van der Waals surface area contributed by atoms with Crippen LogP contribution in [-0.4, -0.2) is 32.6 Å². The van der Waals surface area contributed by atoms with E-state index in [2.05, 4.69) is 0 Å². The van der Waals surface area contributed by atoms with Crippen LogP contribution in [-0.2, 0) is 10.0 Å². The lowest BCUT2D eigenvalue weighted by Gasteiger charge is -2.16. The van der Waals surface area contributed by atoms with E-state index in [1.807, 2.05) is 0 Å². The molecule has 0 aliphatic carbocycles. The summed E-state index contributed by atoms with van der Waals surface area (Å²) in [5.41, 5.74) is 5.86. The molecule has 0 saturated carbocycles. The number of nitrogens with one attached hydrogen (secondary N) is 1. The van der Waals surface area contributed by atoms with Crippen molar-refractivity contribution in [2.24, 2.45) is 0 Å². The van der Waals surface area contributed by atoms with E-state index in [1.165, 1.54) is 19.1 Å². The van der Waals surface area contributed by atoms with Crippen molar-refractivity contribution in [3.8, 4) is 0 Å². The van der Waals surface area contributed by atoms with Gasteiger partial charge in [-0.2, -0.15) is 0 Å². The maximum absolute atomic E-state index is 12.8. The Morgan fingerprint density at radius 1 is 1.44 bits per heavy atom. The number of rotatable bonds is 5. The molecular formula is C10H14F2N2O3S. The van der Waals surface area contributed by atoms with Gasteiger partial charge in [0, 0.05) is 0 Å². The number of benzene rings is 1. The first-order valence-electron chi connectivity index (χ1n) is 5.03. The highest BCUT2D eigenvalue weighted by atomic mass is 32.2. The molecule has 0 aliphatic rings. The van der Waals surface area contributed by atoms with Gasteiger partial charge >= 0.3 is 0 Å². The minimum atomic E-state index is -4.13. The monoisotopic (exact) mass is 280 g/mol. The smallest absolute Gasteiger partial charge is 0.283 e. The van der Waals surface area contributed by atoms with Crippen LogP contribution in [0.4, 0.5) is 14.5 Å². The van der Waals surface area contributed by atoms with Gasteiger partial charge in [0.2, 0.25) is 10.0 Å². The van der Waals surface area contributed by atoms with Crippen LogP contribution in [0.25, 0.3) is 0 Å². The first-order chi connectivity index (χ1) is 8.19. The van der Waals surface area contributed by atoms with Crippen molar-refractivity contribution >= 4 is 15.7 Å². The van der Waals surface area contributed by atoms with Crippen LogP contribution in [0.3, 0.4) is 0 Å². The highest BCUT2D eigenvalue weighted by Gasteiger charge is 2.31. The van der Waals surface area contributed by atoms with E-state index >= 15 is 0 Å². The molecular weight excluding hydrogens is 266 g/mol. The van der Waals surface area contributed by atoms with E-state index in [0.29, 0.717) is 5.56 Å². The Morgan fingerprint density at radius 3 is 2.56 bits per heavy atom. The predicted octanol–water partition coefficient (Wildman–Crippen LogP) is 0.483. The molecule has 0 saturated heterocycles. The number of aliphatic hydroxyl groups is 1. The van der Waals surface area contributed by atoms with Gasteiger partial charge in [0.05, 0.1) is 12.2 Å².